The number of nitrogens with one attached hydrogen (secondary N) is 2. The highest BCUT2D eigenvalue weighted by atomic mass is 16.5. The topological polar surface area (TPSA) is 70.7 Å². The van der Waals surface area contributed by atoms with Crippen LogP contribution in [0.3, 0.4) is 0 Å². The van der Waals surface area contributed by atoms with E-state index >= 15 is 0 Å². The standard InChI is InChI=1S/C17H25N3O3/c1-13(11-18-2)17(22)19-14-6-5-7-15(10-14)23-12-16(21)20-8-3-4-9-20/h5-7,10,13,18H,3-4,8-9,11-12H2,1-2H3,(H,19,22). The fourth-order valence-corrected chi connectivity index (χ4v) is 2.53. The first-order valence-electron chi connectivity index (χ1n) is 8.06. The molecule has 23 heavy (non-hydrogen) atoms. The van der Waals surface area contributed by atoms with Crippen LogP contribution in [0.4, 0.5) is 5.69 Å². The van der Waals surface area contributed by atoms with Gasteiger partial charge in [-0.15, -0.1) is 0 Å². The molecule has 1 unspecified atom stereocenters. The first-order valence-corrected chi connectivity index (χ1v) is 8.06. The summed E-state index contributed by atoms with van der Waals surface area (Å²) >= 11 is 0. The van der Waals surface area contributed by atoms with Crippen molar-refractivity contribution in [1.29, 1.82) is 0 Å². The Hall–Kier alpha value is -2.08. The lowest BCUT2D eigenvalue weighted by Crippen LogP contribution is -2.32. The minimum absolute atomic E-state index is 0.0135. The summed E-state index contributed by atoms with van der Waals surface area (Å²) in [6.07, 6.45) is 2.14. The van der Waals surface area contributed by atoms with Crippen molar-refractivity contribution in [1.82, 2.24) is 10.2 Å². The highest BCUT2D eigenvalue weighted by Crippen LogP contribution is 2.18. The SMILES string of the molecule is CNCC(C)C(=O)Nc1cccc(OCC(=O)N2CCCC2)c1. The molecule has 0 saturated carbocycles. The summed E-state index contributed by atoms with van der Waals surface area (Å²) in [4.78, 5) is 25.8. The molecule has 1 fully saturated rings. The summed E-state index contributed by atoms with van der Waals surface area (Å²) in [5, 5.41) is 5.83. The van der Waals surface area contributed by atoms with Gasteiger partial charge in [-0.3, -0.25) is 9.59 Å². The van der Waals surface area contributed by atoms with Crippen LogP contribution in [0, 0.1) is 5.92 Å². The summed E-state index contributed by atoms with van der Waals surface area (Å²) in [5.74, 6) is 0.419. The number of nitrogens with zero attached hydrogens (tertiary/aromatic N) is 1. The normalized spacial score (nSPS) is 15.3. The number of carbonyl (C=O) groups excluding carboxylic acids is 2. The van der Waals surface area contributed by atoms with Gasteiger partial charge >= 0.3 is 0 Å². The highest BCUT2D eigenvalue weighted by Gasteiger charge is 2.18. The van der Waals surface area contributed by atoms with Crippen molar-refractivity contribution in [3.63, 3.8) is 0 Å². The minimum Gasteiger partial charge on any atom is -0.484 e. The lowest BCUT2D eigenvalue weighted by atomic mass is 10.1. The van der Waals surface area contributed by atoms with Crippen LogP contribution in [-0.2, 0) is 9.59 Å². The van der Waals surface area contributed by atoms with Gasteiger partial charge in [0, 0.05) is 37.3 Å². The Labute approximate surface area is 137 Å². The van der Waals surface area contributed by atoms with Crippen LogP contribution in [0.5, 0.6) is 5.75 Å². The molecule has 1 heterocycles. The smallest absolute Gasteiger partial charge is 0.260 e. The number of likely N-dealkylation sites (tertiary alicyclic amines) is 1. The Morgan fingerprint density at radius 1 is 1.30 bits per heavy atom. The highest BCUT2D eigenvalue weighted by molar-refractivity contribution is 5.92. The van der Waals surface area contributed by atoms with E-state index in [1.54, 1.807) is 24.3 Å². The number of amides is 2. The quantitative estimate of drug-likeness (QED) is 0.799. The fourth-order valence-electron chi connectivity index (χ4n) is 2.53. The molecule has 1 aromatic carbocycles. The van der Waals surface area contributed by atoms with Crippen molar-refractivity contribution in [2.45, 2.75) is 19.8 Å². The van der Waals surface area contributed by atoms with E-state index in [0.717, 1.165) is 25.9 Å². The number of hydrogen-bond donors (Lipinski definition) is 2. The molecule has 1 aliphatic heterocycles. The Morgan fingerprint density at radius 2 is 2.04 bits per heavy atom. The molecule has 0 aliphatic carbocycles. The van der Waals surface area contributed by atoms with Gasteiger partial charge in [0.1, 0.15) is 5.75 Å². The minimum atomic E-state index is -0.124. The van der Waals surface area contributed by atoms with Gasteiger partial charge in [0.05, 0.1) is 0 Å². The molecule has 1 atom stereocenters. The lowest BCUT2D eigenvalue weighted by molar-refractivity contribution is -0.132. The average Bonchev–Trinajstić information content (AvgIpc) is 3.07. The number of benzene rings is 1. The summed E-state index contributed by atoms with van der Waals surface area (Å²) in [6, 6.07) is 7.12. The number of hydrogen-bond acceptors (Lipinski definition) is 4. The molecular weight excluding hydrogens is 294 g/mol. The van der Waals surface area contributed by atoms with Gasteiger partial charge < -0.3 is 20.3 Å². The molecule has 0 spiro atoms. The van der Waals surface area contributed by atoms with Crippen molar-refractivity contribution < 1.29 is 14.3 Å². The zero-order valence-electron chi connectivity index (χ0n) is 13.8. The van der Waals surface area contributed by atoms with Gasteiger partial charge in [-0.05, 0) is 32.0 Å². The van der Waals surface area contributed by atoms with Gasteiger partial charge in [-0.2, -0.15) is 0 Å². The Bertz CT molecular complexity index is 542. The third-order valence-corrected chi connectivity index (χ3v) is 3.88. The second kappa shape index (κ2) is 8.53. The third-order valence-electron chi connectivity index (χ3n) is 3.88. The van der Waals surface area contributed by atoms with Crippen molar-refractivity contribution >= 4 is 17.5 Å². The first-order chi connectivity index (χ1) is 11.1. The molecule has 2 N–H and O–H groups in total. The molecule has 6 nitrogen and oxygen atoms in total. The van der Waals surface area contributed by atoms with E-state index in [1.807, 2.05) is 18.9 Å². The summed E-state index contributed by atoms with van der Waals surface area (Å²) < 4.78 is 5.56. The Kier molecular flexibility index (Phi) is 6.40. The fraction of sp³-hybridized carbons (Fsp3) is 0.529. The number of carbonyl (C=O) groups is 2. The molecule has 1 aliphatic rings. The number of rotatable bonds is 7. The van der Waals surface area contributed by atoms with E-state index in [0.29, 0.717) is 18.0 Å². The molecule has 0 bridgehead atoms. The molecule has 2 amide bonds. The van der Waals surface area contributed by atoms with Crippen LogP contribution in [0.15, 0.2) is 24.3 Å². The van der Waals surface area contributed by atoms with Crippen molar-refractivity contribution in [3.05, 3.63) is 24.3 Å². The van der Waals surface area contributed by atoms with Gasteiger partial charge in [0.15, 0.2) is 6.61 Å². The van der Waals surface area contributed by atoms with Gasteiger partial charge in [-0.1, -0.05) is 13.0 Å². The maximum absolute atomic E-state index is 12.0. The summed E-state index contributed by atoms with van der Waals surface area (Å²) in [5.41, 5.74) is 0.670. The first kappa shape index (κ1) is 17.3. The second-order valence-corrected chi connectivity index (χ2v) is 5.85. The van der Waals surface area contributed by atoms with Crippen LogP contribution in [-0.4, -0.2) is 50.0 Å². The molecule has 1 saturated heterocycles. The van der Waals surface area contributed by atoms with Crippen LogP contribution >= 0.6 is 0 Å². The average molecular weight is 319 g/mol. The Morgan fingerprint density at radius 3 is 2.74 bits per heavy atom. The van der Waals surface area contributed by atoms with E-state index in [-0.39, 0.29) is 24.3 Å². The van der Waals surface area contributed by atoms with Crippen molar-refractivity contribution in [3.8, 4) is 5.75 Å². The second-order valence-electron chi connectivity index (χ2n) is 5.85. The Balaban J connectivity index is 1.86. The molecule has 1 aromatic rings. The van der Waals surface area contributed by atoms with E-state index in [1.165, 1.54) is 0 Å². The van der Waals surface area contributed by atoms with E-state index < -0.39 is 0 Å². The monoisotopic (exact) mass is 319 g/mol. The van der Waals surface area contributed by atoms with Gasteiger partial charge in [0.25, 0.3) is 5.91 Å². The largest absolute Gasteiger partial charge is 0.484 e. The molecule has 6 heteroatoms. The predicted octanol–water partition coefficient (Wildman–Crippen LogP) is 1.48. The summed E-state index contributed by atoms with van der Waals surface area (Å²) in [6.45, 7) is 4.16. The van der Waals surface area contributed by atoms with Gasteiger partial charge in [-0.25, -0.2) is 0 Å². The van der Waals surface area contributed by atoms with Gasteiger partial charge in [0.2, 0.25) is 5.91 Å². The summed E-state index contributed by atoms with van der Waals surface area (Å²) in [7, 11) is 1.82. The van der Waals surface area contributed by atoms with Crippen LogP contribution in [0.1, 0.15) is 19.8 Å². The maximum atomic E-state index is 12.0. The van der Waals surface area contributed by atoms with E-state index in [4.69, 9.17) is 4.74 Å². The molecule has 0 radical (unpaired) electrons. The number of ether oxygens (including phenoxy) is 1. The lowest BCUT2D eigenvalue weighted by Gasteiger charge is -2.16. The predicted molar refractivity (Wildman–Crippen MR) is 89.5 cm³/mol. The van der Waals surface area contributed by atoms with Crippen molar-refractivity contribution in [2.75, 3.05) is 38.6 Å². The van der Waals surface area contributed by atoms with Crippen LogP contribution in [0.25, 0.3) is 0 Å². The van der Waals surface area contributed by atoms with E-state index in [9.17, 15) is 9.59 Å². The molecule has 2 rings (SSSR count). The third kappa shape index (κ3) is 5.25. The molecule has 126 valence electrons. The van der Waals surface area contributed by atoms with E-state index in [2.05, 4.69) is 10.6 Å². The van der Waals surface area contributed by atoms with Crippen LogP contribution < -0.4 is 15.4 Å². The molecule has 0 aromatic heterocycles. The number of anilines is 1. The zero-order valence-corrected chi connectivity index (χ0v) is 13.8. The van der Waals surface area contributed by atoms with Crippen molar-refractivity contribution in [2.24, 2.45) is 5.92 Å². The maximum Gasteiger partial charge on any atom is 0.260 e. The van der Waals surface area contributed by atoms with Crippen LogP contribution in [0.2, 0.25) is 0 Å². The zero-order chi connectivity index (χ0) is 16.7. The molecular formula is C17H25N3O3.